The Morgan fingerprint density at radius 3 is 2.59 bits per heavy atom. The molecule has 1 aliphatic rings. The minimum atomic E-state index is -0.612. The molecule has 5 rings (SSSR count). The molecule has 3 aromatic carbocycles. The van der Waals surface area contributed by atoms with Gasteiger partial charge in [0.25, 0.3) is 5.91 Å². The lowest BCUT2D eigenvalue weighted by Crippen LogP contribution is -2.30. The number of methoxy groups -OCH3 is 1. The van der Waals surface area contributed by atoms with Crippen molar-refractivity contribution in [2.24, 2.45) is 5.73 Å². The van der Waals surface area contributed by atoms with Crippen molar-refractivity contribution in [2.75, 3.05) is 45.8 Å². The van der Waals surface area contributed by atoms with Crippen LogP contribution in [-0.2, 0) is 22.4 Å². The van der Waals surface area contributed by atoms with Gasteiger partial charge in [-0.05, 0) is 73.3 Å². The van der Waals surface area contributed by atoms with E-state index in [-0.39, 0.29) is 6.04 Å². The first-order chi connectivity index (χ1) is 19.8. The zero-order valence-electron chi connectivity index (χ0n) is 23.3. The number of benzene rings is 3. The van der Waals surface area contributed by atoms with Gasteiger partial charge in [-0.1, -0.05) is 12.1 Å². The number of aromatic amines is 1. The second kappa shape index (κ2) is 12.8. The van der Waals surface area contributed by atoms with Crippen molar-refractivity contribution in [2.45, 2.75) is 31.8 Å². The fourth-order valence-corrected chi connectivity index (χ4v) is 5.38. The van der Waals surface area contributed by atoms with E-state index < -0.39 is 17.5 Å². The lowest BCUT2D eigenvalue weighted by Gasteiger charge is -2.28. The number of amides is 1. The zero-order valence-corrected chi connectivity index (χ0v) is 23.3. The summed E-state index contributed by atoms with van der Waals surface area (Å²) in [5.41, 5.74) is 11.5. The van der Waals surface area contributed by atoms with Gasteiger partial charge < -0.3 is 20.5 Å². The third kappa shape index (κ3) is 6.73. The Balaban J connectivity index is 1.63. The van der Waals surface area contributed by atoms with Crippen molar-refractivity contribution in [1.29, 1.82) is 0 Å². The number of rotatable bonds is 11. The minimum absolute atomic E-state index is 0.103. The van der Waals surface area contributed by atoms with Crippen LogP contribution >= 0.6 is 0 Å². The summed E-state index contributed by atoms with van der Waals surface area (Å²) in [4.78, 5) is 14.8. The van der Waals surface area contributed by atoms with Crippen LogP contribution in [0.3, 0.4) is 0 Å². The number of primary amides is 1. The number of nitrogens with zero attached hydrogens (tertiary/aromatic N) is 2. The summed E-state index contributed by atoms with van der Waals surface area (Å²) in [5.74, 6) is -1.76. The van der Waals surface area contributed by atoms with Crippen molar-refractivity contribution in [1.82, 2.24) is 15.1 Å². The molecular formula is C31H35F2N5O3. The molecule has 0 aliphatic carbocycles. The predicted octanol–water partition coefficient (Wildman–Crippen LogP) is 4.87. The van der Waals surface area contributed by atoms with Crippen molar-refractivity contribution in [3.8, 4) is 11.3 Å². The van der Waals surface area contributed by atoms with Gasteiger partial charge >= 0.3 is 0 Å². The molecule has 41 heavy (non-hydrogen) atoms. The number of likely N-dealkylation sites (N-methyl/N-ethyl adjacent to an activating group) is 1. The van der Waals surface area contributed by atoms with Crippen LogP contribution in [0.4, 0.5) is 14.5 Å². The summed E-state index contributed by atoms with van der Waals surface area (Å²) in [6.45, 7) is 3.14. The van der Waals surface area contributed by atoms with E-state index in [4.69, 9.17) is 20.3 Å². The molecule has 10 heteroatoms. The summed E-state index contributed by atoms with van der Waals surface area (Å²) in [6.07, 6.45) is 1.94. The smallest absolute Gasteiger partial charge is 0.250 e. The summed E-state index contributed by atoms with van der Waals surface area (Å²) in [5, 5.41) is 12.3. The fourth-order valence-electron chi connectivity index (χ4n) is 5.38. The van der Waals surface area contributed by atoms with E-state index in [0.29, 0.717) is 61.8 Å². The van der Waals surface area contributed by atoms with Crippen molar-refractivity contribution in [3.05, 3.63) is 82.4 Å². The van der Waals surface area contributed by atoms with Crippen molar-refractivity contribution in [3.63, 3.8) is 0 Å². The Morgan fingerprint density at radius 2 is 1.88 bits per heavy atom. The maximum Gasteiger partial charge on any atom is 0.250 e. The number of hydrogen-bond acceptors (Lipinski definition) is 6. The molecule has 8 nitrogen and oxygen atoms in total. The van der Waals surface area contributed by atoms with E-state index in [0.717, 1.165) is 46.5 Å². The van der Waals surface area contributed by atoms with Gasteiger partial charge in [-0.3, -0.25) is 14.8 Å². The third-order valence-electron chi connectivity index (χ3n) is 7.44. The number of nitrogens with one attached hydrogen (secondary N) is 2. The quantitative estimate of drug-likeness (QED) is 0.241. The van der Waals surface area contributed by atoms with E-state index in [1.807, 2.05) is 31.3 Å². The first kappa shape index (κ1) is 28.7. The molecule has 0 atom stereocenters. The molecule has 0 radical (unpaired) electrons. The van der Waals surface area contributed by atoms with Crippen LogP contribution < -0.4 is 11.1 Å². The highest BCUT2D eigenvalue weighted by Crippen LogP contribution is 2.39. The Labute approximate surface area is 237 Å². The van der Waals surface area contributed by atoms with Gasteiger partial charge in [-0.2, -0.15) is 5.10 Å². The molecule has 1 aliphatic heterocycles. The summed E-state index contributed by atoms with van der Waals surface area (Å²) >= 11 is 0. The molecular weight excluding hydrogens is 528 g/mol. The van der Waals surface area contributed by atoms with Gasteiger partial charge in [0, 0.05) is 56.5 Å². The van der Waals surface area contributed by atoms with Gasteiger partial charge in [0.15, 0.2) is 0 Å². The number of nitrogens with two attached hydrogens (primary N) is 1. The number of hydrogen-bond donors (Lipinski definition) is 3. The highest BCUT2D eigenvalue weighted by Gasteiger charge is 2.25. The normalized spacial score (nSPS) is 14.2. The highest BCUT2D eigenvalue weighted by atomic mass is 19.1. The topological polar surface area (TPSA) is 106 Å². The SMILES string of the molecule is COCCN(C)Cc1ccc(C(N)=O)c(NC2CCOCC2)c1-c1n[nH]c2ccc(Cc3cc(F)cc(F)c3)cc12. The molecule has 4 aromatic rings. The summed E-state index contributed by atoms with van der Waals surface area (Å²) < 4.78 is 38.6. The number of aromatic nitrogens is 2. The maximum atomic E-state index is 13.9. The number of ether oxygens (including phenoxy) is 2. The summed E-state index contributed by atoms with van der Waals surface area (Å²) in [7, 11) is 3.68. The molecule has 1 saturated heterocycles. The van der Waals surface area contributed by atoms with Crippen LogP contribution in [0.2, 0.25) is 0 Å². The van der Waals surface area contributed by atoms with E-state index in [2.05, 4.69) is 15.3 Å². The number of carbonyl (C=O) groups excluding carboxylic acids is 1. The third-order valence-corrected chi connectivity index (χ3v) is 7.44. The van der Waals surface area contributed by atoms with Crippen LogP contribution in [0.15, 0.2) is 48.5 Å². The average molecular weight is 564 g/mol. The maximum absolute atomic E-state index is 13.9. The lowest BCUT2D eigenvalue weighted by molar-refractivity contribution is 0.0904. The monoisotopic (exact) mass is 563 g/mol. The van der Waals surface area contributed by atoms with E-state index >= 15 is 0 Å². The molecule has 4 N–H and O–H groups in total. The van der Waals surface area contributed by atoms with Gasteiger partial charge in [0.1, 0.15) is 17.3 Å². The molecule has 0 bridgehead atoms. The molecule has 216 valence electrons. The Morgan fingerprint density at radius 1 is 1.12 bits per heavy atom. The molecule has 1 aromatic heterocycles. The van der Waals surface area contributed by atoms with Crippen LogP contribution in [0.1, 0.15) is 39.9 Å². The number of anilines is 1. The molecule has 0 saturated carbocycles. The number of fused-ring (bicyclic) bond motifs is 1. The lowest BCUT2D eigenvalue weighted by atomic mass is 9.93. The Kier molecular flexibility index (Phi) is 8.92. The Hall–Kier alpha value is -3.86. The van der Waals surface area contributed by atoms with Gasteiger partial charge in [-0.15, -0.1) is 0 Å². The van der Waals surface area contributed by atoms with E-state index in [9.17, 15) is 13.6 Å². The van der Waals surface area contributed by atoms with Crippen LogP contribution in [0, 0.1) is 11.6 Å². The van der Waals surface area contributed by atoms with Crippen LogP contribution in [-0.4, -0.2) is 67.6 Å². The zero-order chi connectivity index (χ0) is 28.9. The number of carbonyl (C=O) groups is 1. The largest absolute Gasteiger partial charge is 0.383 e. The van der Waals surface area contributed by atoms with E-state index in [1.165, 1.54) is 12.1 Å². The highest BCUT2D eigenvalue weighted by molar-refractivity contribution is 6.06. The molecule has 2 heterocycles. The first-order valence-corrected chi connectivity index (χ1v) is 13.7. The second-order valence-corrected chi connectivity index (χ2v) is 10.6. The van der Waals surface area contributed by atoms with E-state index in [1.54, 1.807) is 13.2 Å². The predicted molar refractivity (Wildman–Crippen MR) is 155 cm³/mol. The average Bonchev–Trinajstić information content (AvgIpc) is 3.35. The van der Waals surface area contributed by atoms with Crippen LogP contribution in [0.5, 0.6) is 0 Å². The number of halogens is 2. The Bertz CT molecular complexity index is 1510. The standard InChI is InChI=1S/C31H35F2N5O3/c1-38(9-12-40-2)18-21-4-5-25(31(34)39)29(35-24-7-10-41-11-8-24)28(21)30-26-16-19(3-6-27(26)36-37-30)13-20-14-22(32)17-23(33)15-20/h3-6,14-17,24,35H,7-13,18H2,1-2H3,(H2,34,39)(H,36,37). The molecule has 0 unspecified atom stereocenters. The van der Waals surface area contributed by atoms with Crippen molar-refractivity contribution >= 4 is 22.5 Å². The van der Waals surface area contributed by atoms with Gasteiger partial charge in [0.2, 0.25) is 0 Å². The molecule has 1 amide bonds. The minimum Gasteiger partial charge on any atom is -0.383 e. The fraction of sp³-hybridized carbons (Fsp3) is 0.355. The molecule has 1 fully saturated rings. The van der Waals surface area contributed by atoms with Gasteiger partial charge in [0.05, 0.1) is 23.4 Å². The van der Waals surface area contributed by atoms with Gasteiger partial charge in [-0.25, -0.2) is 8.78 Å². The second-order valence-electron chi connectivity index (χ2n) is 10.6. The summed E-state index contributed by atoms with van der Waals surface area (Å²) in [6, 6.07) is 13.1. The van der Waals surface area contributed by atoms with Crippen molar-refractivity contribution < 1.29 is 23.0 Å². The number of H-pyrrole nitrogens is 1. The van der Waals surface area contributed by atoms with Crippen LogP contribution in [0.25, 0.3) is 22.2 Å². The molecule has 0 spiro atoms. The first-order valence-electron chi connectivity index (χ1n) is 13.7.